The molecule has 3 atom stereocenters. The summed E-state index contributed by atoms with van der Waals surface area (Å²) < 4.78 is 1.61. The zero-order valence-corrected chi connectivity index (χ0v) is 10.7. The maximum absolute atomic E-state index is 12.0. The van der Waals surface area contributed by atoms with Gasteiger partial charge in [0.2, 0.25) is 5.91 Å². The average Bonchev–Trinajstić information content (AvgIpc) is 3.00. The van der Waals surface area contributed by atoms with Crippen molar-refractivity contribution >= 4 is 17.4 Å². The van der Waals surface area contributed by atoms with E-state index in [2.05, 4.69) is 10.4 Å². The van der Waals surface area contributed by atoms with Gasteiger partial charge in [0.15, 0.2) is 5.82 Å². The van der Waals surface area contributed by atoms with Crippen LogP contribution < -0.4 is 11.1 Å². The molecule has 2 fully saturated rings. The number of hydrogen-bond donors (Lipinski definition) is 2. The van der Waals surface area contributed by atoms with Crippen LogP contribution in [0.3, 0.4) is 0 Å². The first-order chi connectivity index (χ1) is 8.63. The van der Waals surface area contributed by atoms with Crippen LogP contribution in [0, 0.1) is 17.8 Å². The van der Waals surface area contributed by atoms with Crippen LogP contribution in [0.2, 0.25) is 0 Å². The number of nitrogen functional groups attached to an aromatic ring is 1. The fraction of sp³-hybridized carbons (Fsp3) is 0.692. The third-order valence-electron chi connectivity index (χ3n) is 4.56. The maximum atomic E-state index is 12.0. The van der Waals surface area contributed by atoms with Crippen LogP contribution in [-0.4, -0.2) is 15.7 Å². The molecule has 0 spiro atoms. The molecule has 2 aliphatic carbocycles. The summed E-state index contributed by atoms with van der Waals surface area (Å²) in [5, 5.41) is 6.90. The van der Waals surface area contributed by atoms with E-state index < -0.39 is 0 Å². The minimum atomic E-state index is 0.0721. The van der Waals surface area contributed by atoms with Crippen molar-refractivity contribution < 1.29 is 4.79 Å². The highest BCUT2D eigenvalue weighted by molar-refractivity contribution is 5.92. The number of anilines is 2. The lowest BCUT2D eigenvalue weighted by molar-refractivity contribution is -0.117. The molecule has 1 aromatic rings. The quantitative estimate of drug-likeness (QED) is 0.856. The number of carbonyl (C=O) groups excluding carboxylic acids is 1. The van der Waals surface area contributed by atoms with Gasteiger partial charge in [0.1, 0.15) is 0 Å². The first kappa shape index (κ1) is 11.6. The first-order valence-corrected chi connectivity index (χ1v) is 6.71. The van der Waals surface area contributed by atoms with Gasteiger partial charge in [-0.1, -0.05) is 6.42 Å². The molecule has 1 heterocycles. The molecular weight excluding hydrogens is 228 g/mol. The van der Waals surface area contributed by atoms with E-state index in [1.807, 2.05) is 0 Å². The van der Waals surface area contributed by atoms with Gasteiger partial charge >= 0.3 is 0 Å². The molecule has 3 N–H and O–H groups in total. The molecule has 98 valence electrons. The SMILES string of the molecule is Cn1ncc(N)c1NC(=O)CC1CC2CCC1C2. The summed E-state index contributed by atoms with van der Waals surface area (Å²) in [4.78, 5) is 12.0. The van der Waals surface area contributed by atoms with E-state index in [4.69, 9.17) is 5.73 Å². The number of nitrogens with two attached hydrogens (primary N) is 1. The third-order valence-corrected chi connectivity index (χ3v) is 4.56. The number of fused-ring (bicyclic) bond motifs is 2. The Morgan fingerprint density at radius 1 is 1.56 bits per heavy atom. The smallest absolute Gasteiger partial charge is 0.225 e. The Hall–Kier alpha value is -1.52. The summed E-state index contributed by atoms with van der Waals surface area (Å²) in [6, 6.07) is 0. The molecule has 1 amide bonds. The largest absolute Gasteiger partial charge is 0.394 e. The van der Waals surface area contributed by atoms with Crippen molar-refractivity contribution in [1.29, 1.82) is 0 Å². The number of nitrogens with zero attached hydrogens (tertiary/aromatic N) is 2. The highest BCUT2D eigenvalue weighted by atomic mass is 16.1. The second-order valence-corrected chi connectivity index (χ2v) is 5.76. The van der Waals surface area contributed by atoms with Crippen molar-refractivity contribution in [2.45, 2.75) is 32.1 Å². The van der Waals surface area contributed by atoms with Gasteiger partial charge in [-0.25, -0.2) is 0 Å². The van der Waals surface area contributed by atoms with E-state index >= 15 is 0 Å². The monoisotopic (exact) mass is 248 g/mol. The van der Waals surface area contributed by atoms with Gasteiger partial charge in [-0.15, -0.1) is 0 Å². The lowest BCUT2D eigenvalue weighted by Gasteiger charge is -2.20. The highest BCUT2D eigenvalue weighted by Crippen LogP contribution is 2.49. The van der Waals surface area contributed by atoms with Crippen LogP contribution in [0.1, 0.15) is 32.1 Å². The molecule has 2 aliphatic rings. The van der Waals surface area contributed by atoms with Crippen LogP contribution >= 0.6 is 0 Å². The summed E-state index contributed by atoms with van der Waals surface area (Å²) in [5.74, 6) is 2.93. The molecule has 18 heavy (non-hydrogen) atoms. The van der Waals surface area contributed by atoms with Crippen molar-refractivity contribution in [3.63, 3.8) is 0 Å². The van der Waals surface area contributed by atoms with Gasteiger partial charge in [0.05, 0.1) is 11.9 Å². The van der Waals surface area contributed by atoms with E-state index in [0.717, 1.165) is 11.8 Å². The number of carbonyl (C=O) groups is 1. The molecule has 2 saturated carbocycles. The van der Waals surface area contributed by atoms with E-state index in [-0.39, 0.29) is 5.91 Å². The van der Waals surface area contributed by atoms with Crippen molar-refractivity contribution in [3.05, 3.63) is 6.20 Å². The van der Waals surface area contributed by atoms with Crippen molar-refractivity contribution in [2.75, 3.05) is 11.1 Å². The van der Waals surface area contributed by atoms with E-state index in [0.29, 0.717) is 23.8 Å². The summed E-state index contributed by atoms with van der Waals surface area (Å²) in [5.41, 5.74) is 6.29. The van der Waals surface area contributed by atoms with Crippen molar-refractivity contribution in [3.8, 4) is 0 Å². The predicted molar refractivity (Wildman–Crippen MR) is 69.8 cm³/mol. The van der Waals surface area contributed by atoms with Crippen LogP contribution in [0.5, 0.6) is 0 Å². The Labute approximate surface area is 107 Å². The molecule has 0 saturated heterocycles. The summed E-state index contributed by atoms with van der Waals surface area (Å²) in [6.07, 6.45) is 7.46. The van der Waals surface area contributed by atoms with E-state index in [9.17, 15) is 4.79 Å². The number of hydrogen-bond acceptors (Lipinski definition) is 3. The Morgan fingerprint density at radius 3 is 2.94 bits per heavy atom. The molecule has 2 bridgehead atoms. The number of nitrogens with one attached hydrogen (secondary N) is 1. The Kier molecular flexibility index (Phi) is 2.76. The van der Waals surface area contributed by atoms with Crippen LogP contribution in [0.4, 0.5) is 11.5 Å². The third kappa shape index (κ3) is 1.98. The summed E-state index contributed by atoms with van der Waals surface area (Å²) in [6.45, 7) is 0. The summed E-state index contributed by atoms with van der Waals surface area (Å²) >= 11 is 0. The van der Waals surface area contributed by atoms with Gasteiger partial charge < -0.3 is 11.1 Å². The van der Waals surface area contributed by atoms with Gasteiger partial charge in [-0.2, -0.15) is 5.10 Å². The van der Waals surface area contributed by atoms with Crippen LogP contribution in [0.25, 0.3) is 0 Å². The Balaban J connectivity index is 1.59. The first-order valence-electron chi connectivity index (χ1n) is 6.71. The van der Waals surface area contributed by atoms with Gasteiger partial charge in [-0.3, -0.25) is 9.48 Å². The topological polar surface area (TPSA) is 72.9 Å². The van der Waals surface area contributed by atoms with Crippen LogP contribution in [-0.2, 0) is 11.8 Å². The zero-order chi connectivity index (χ0) is 12.7. The molecular formula is C13H20N4O. The minimum absolute atomic E-state index is 0.0721. The lowest BCUT2D eigenvalue weighted by atomic mass is 9.86. The Morgan fingerprint density at radius 2 is 2.39 bits per heavy atom. The minimum Gasteiger partial charge on any atom is -0.394 e. The fourth-order valence-electron chi connectivity index (χ4n) is 3.66. The maximum Gasteiger partial charge on any atom is 0.225 e. The lowest BCUT2D eigenvalue weighted by Crippen LogP contribution is -2.21. The second kappa shape index (κ2) is 4.30. The predicted octanol–water partition coefficient (Wildman–Crippen LogP) is 1.77. The molecule has 1 aromatic heterocycles. The number of rotatable bonds is 3. The molecule has 5 nitrogen and oxygen atoms in total. The van der Waals surface area contributed by atoms with E-state index in [1.165, 1.54) is 25.7 Å². The molecule has 3 rings (SSSR count). The standard InChI is InChI=1S/C13H20N4O/c1-17-13(11(14)7-15-17)16-12(18)6-10-5-8-2-3-9(10)4-8/h7-10H,2-6,14H2,1H3,(H,16,18). The molecule has 0 aromatic carbocycles. The molecule has 5 heteroatoms. The summed E-state index contributed by atoms with van der Waals surface area (Å²) in [7, 11) is 1.78. The van der Waals surface area contributed by atoms with E-state index in [1.54, 1.807) is 17.9 Å². The zero-order valence-electron chi connectivity index (χ0n) is 10.7. The Bertz CT molecular complexity index is 448. The van der Waals surface area contributed by atoms with Gasteiger partial charge in [0, 0.05) is 13.5 Å². The molecule has 0 aliphatic heterocycles. The number of aromatic nitrogens is 2. The number of aryl methyl sites for hydroxylation is 1. The van der Waals surface area contributed by atoms with Gasteiger partial charge in [0.25, 0.3) is 0 Å². The van der Waals surface area contributed by atoms with Crippen molar-refractivity contribution in [2.24, 2.45) is 24.8 Å². The second-order valence-electron chi connectivity index (χ2n) is 5.76. The van der Waals surface area contributed by atoms with Crippen LogP contribution in [0.15, 0.2) is 6.20 Å². The number of amides is 1. The molecule has 3 unspecified atom stereocenters. The normalized spacial score (nSPS) is 29.7. The fourth-order valence-corrected chi connectivity index (χ4v) is 3.66. The molecule has 0 radical (unpaired) electrons. The van der Waals surface area contributed by atoms with Crippen molar-refractivity contribution in [1.82, 2.24) is 9.78 Å². The highest BCUT2D eigenvalue weighted by Gasteiger charge is 2.40. The average molecular weight is 248 g/mol. The van der Waals surface area contributed by atoms with Gasteiger partial charge in [-0.05, 0) is 37.0 Å².